The third kappa shape index (κ3) is 15.5. The van der Waals surface area contributed by atoms with Gasteiger partial charge in [-0.25, -0.2) is 0 Å². The van der Waals surface area contributed by atoms with Crippen molar-refractivity contribution in [3.8, 4) is 0 Å². The Morgan fingerprint density at radius 3 is 1.20 bits per heavy atom. The van der Waals surface area contributed by atoms with Crippen LogP contribution in [0.15, 0.2) is 0 Å². The minimum Gasteiger partial charge on any atom is -0.371 e. The summed E-state index contributed by atoms with van der Waals surface area (Å²) in [5.41, 5.74) is 0. The molecule has 0 aromatic carbocycles. The molecule has 7 heteroatoms. The molecule has 0 aromatic heterocycles. The Morgan fingerprint density at radius 2 is 0.880 bits per heavy atom. The van der Waals surface area contributed by atoms with Gasteiger partial charge in [-0.15, -0.1) is 0 Å². The van der Waals surface area contributed by atoms with Gasteiger partial charge >= 0.3 is 0 Å². The lowest BCUT2D eigenvalue weighted by molar-refractivity contribution is -0.274. The van der Waals surface area contributed by atoms with Gasteiger partial charge in [0.05, 0.1) is 0 Å². The Morgan fingerprint density at radius 1 is 0.560 bits per heavy atom. The van der Waals surface area contributed by atoms with E-state index in [4.69, 9.17) is 13.3 Å². The van der Waals surface area contributed by atoms with Crippen LogP contribution in [0.2, 0.25) is 65.0 Å². The summed E-state index contributed by atoms with van der Waals surface area (Å²) in [5.74, 6) is -0.811. The summed E-state index contributed by atoms with van der Waals surface area (Å²) in [6, 6.07) is 1.45. The lowest BCUT2D eigenvalue weighted by atomic mass is 10.1. The second kappa shape index (κ2) is 10.9. The van der Waals surface area contributed by atoms with Gasteiger partial charge in [-0.2, -0.15) is 0 Å². The molecule has 0 spiro atoms. The van der Waals surface area contributed by atoms with Crippen LogP contribution in [0.5, 0.6) is 0 Å². The molecule has 0 amide bonds. The van der Waals surface area contributed by atoms with Crippen LogP contribution in [0.4, 0.5) is 0 Å². The Bertz CT molecular complexity index is 316. The van der Waals surface area contributed by atoms with Gasteiger partial charge in [-0.05, 0) is 65.3 Å². The van der Waals surface area contributed by atoms with Crippen LogP contribution in [0.3, 0.4) is 0 Å². The number of hydrogen-bond acceptors (Lipinski definition) is 3. The molecular weight excluding hydrogens is 377 g/mol. The maximum Gasteiger partial charge on any atom is 0.254 e. The summed E-state index contributed by atoms with van der Waals surface area (Å²) in [6.45, 7) is 20.1. The topological polar surface area (TPSA) is 27.7 Å². The van der Waals surface area contributed by atoms with E-state index >= 15 is 0 Å². The first kappa shape index (κ1) is 25.7. The molecule has 3 nitrogen and oxygen atoms in total. The Balaban J connectivity index is 4.99. The normalized spacial score (nSPS) is 14.3. The summed E-state index contributed by atoms with van der Waals surface area (Å²) >= 11 is 0. The van der Waals surface area contributed by atoms with Crippen molar-refractivity contribution in [2.75, 3.05) is 0 Å². The van der Waals surface area contributed by atoms with E-state index in [1.807, 2.05) is 0 Å². The predicted octanol–water partition coefficient (Wildman–Crippen LogP) is 5.71. The molecule has 0 unspecified atom stereocenters. The SMILES string of the molecule is C[Si](C)(C)OC(CCCCCCCC[SiH3])(O[Si](C)(C)C)O[Si](C)(C)C. The number of hydrogen-bond donors (Lipinski definition) is 0. The fourth-order valence-corrected chi connectivity index (χ4v) is 7.02. The summed E-state index contributed by atoms with van der Waals surface area (Å²) < 4.78 is 19.8. The smallest absolute Gasteiger partial charge is 0.254 e. The average molecular weight is 423 g/mol. The largest absolute Gasteiger partial charge is 0.371 e. The van der Waals surface area contributed by atoms with Gasteiger partial charge in [0, 0.05) is 16.7 Å². The van der Waals surface area contributed by atoms with Gasteiger partial charge in [0.1, 0.15) is 0 Å². The second-order valence-corrected chi connectivity index (χ2v) is 24.5. The van der Waals surface area contributed by atoms with Crippen LogP contribution in [-0.4, -0.2) is 41.2 Å². The van der Waals surface area contributed by atoms with E-state index in [1.54, 1.807) is 0 Å². The van der Waals surface area contributed by atoms with Crippen molar-refractivity contribution in [2.45, 2.75) is 116 Å². The predicted molar refractivity (Wildman–Crippen MR) is 123 cm³/mol. The van der Waals surface area contributed by atoms with Crippen molar-refractivity contribution in [1.82, 2.24) is 0 Å². The van der Waals surface area contributed by atoms with E-state index in [9.17, 15) is 0 Å². The monoisotopic (exact) mass is 422 g/mol. The molecule has 0 N–H and O–H groups in total. The zero-order chi connectivity index (χ0) is 19.8. The zero-order valence-corrected chi connectivity index (χ0v) is 23.9. The van der Waals surface area contributed by atoms with E-state index in [2.05, 4.69) is 58.9 Å². The standard InChI is InChI=1S/C18H46O3Si4/c1-23(2,3)19-18(20-24(4,5)6,21-25(7,8)9)16-14-12-10-11-13-15-17-22/h10-17H2,1-9,22H3. The third-order valence-corrected chi connectivity index (χ3v) is 6.95. The van der Waals surface area contributed by atoms with Crippen molar-refractivity contribution >= 4 is 35.2 Å². The minimum absolute atomic E-state index is 0.811. The van der Waals surface area contributed by atoms with E-state index in [-0.39, 0.29) is 0 Å². The van der Waals surface area contributed by atoms with Crippen molar-refractivity contribution in [1.29, 1.82) is 0 Å². The maximum absolute atomic E-state index is 6.59. The van der Waals surface area contributed by atoms with Crippen molar-refractivity contribution in [3.05, 3.63) is 0 Å². The third-order valence-electron chi connectivity index (χ3n) is 3.47. The molecule has 25 heavy (non-hydrogen) atoms. The van der Waals surface area contributed by atoms with Gasteiger partial charge in [-0.3, -0.25) is 0 Å². The van der Waals surface area contributed by atoms with Gasteiger partial charge in [0.15, 0.2) is 25.0 Å². The number of rotatable bonds is 14. The van der Waals surface area contributed by atoms with Crippen LogP contribution in [0.25, 0.3) is 0 Å². The van der Waals surface area contributed by atoms with E-state index in [0.29, 0.717) is 0 Å². The van der Waals surface area contributed by atoms with Crippen molar-refractivity contribution < 1.29 is 13.3 Å². The van der Waals surface area contributed by atoms with Crippen LogP contribution >= 0.6 is 0 Å². The molecule has 0 saturated heterocycles. The molecule has 0 aliphatic rings. The highest BCUT2D eigenvalue weighted by atomic mass is 28.4. The Kier molecular flexibility index (Phi) is 11.2. The molecule has 0 aliphatic heterocycles. The molecule has 0 rings (SSSR count). The van der Waals surface area contributed by atoms with Gasteiger partial charge in [0.25, 0.3) is 5.97 Å². The molecule has 0 aromatic rings. The summed E-state index contributed by atoms with van der Waals surface area (Å²) in [4.78, 5) is 0. The Hall–Kier alpha value is 0.748. The molecular formula is C18H46O3Si4. The quantitative estimate of drug-likeness (QED) is 0.204. The van der Waals surface area contributed by atoms with Crippen molar-refractivity contribution in [2.24, 2.45) is 0 Å². The van der Waals surface area contributed by atoms with Gasteiger partial charge < -0.3 is 13.3 Å². The fourth-order valence-electron chi connectivity index (χ4n) is 2.91. The highest BCUT2D eigenvalue weighted by Gasteiger charge is 2.44. The van der Waals surface area contributed by atoms with Crippen LogP contribution < -0.4 is 0 Å². The first-order valence-corrected chi connectivity index (χ1v) is 21.9. The molecule has 0 heterocycles. The zero-order valence-electron chi connectivity index (χ0n) is 18.9. The lowest BCUT2D eigenvalue weighted by Crippen LogP contribution is -2.55. The summed E-state index contributed by atoms with van der Waals surface area (Å²) in [7, 11) is -3.99. The fraction of sp³-hybridized carbons (Fsp3) is 1.00. The summed E-state index contributed by atoms with van der Waals surface area (Å²) in [6.07, 6.45) is 8.76. The van der Waals surface area contributed by atoms with Crippen LogP contribution in [0, 0.1) is 0 Å². The minimum atomic E-state index is -1.78. The molecule has 0 saturated carbocycles. The maximum atomic E-state index is 6.59. The molecule has 0 atom stereocenters. The van der Waals surface area contributed by atoms with Crippen molar-refractivity contribution in [3.63, 3.8) is 0 Å². The first-order valence-electron chi connectivity index (χ1n) is 10.3. The highest BCUT2D eigenvalue weighted by molar-refractivity contribution is 6.72. The van der Waals surface area contributed by atoms with Crippen LogP contribution in [0.1, 0.15) is 44.9 Å². The molecule has 0 bridgehead atoms. The first-order chi connectivity index (χ1) is 11.2. The molecule has 152 valence electrons. The molecule has 0 fully saturated rings. The molecule has 0 radical (unpaired) electrons. The van der Waals surface area contributed by atoms with Gasteiger partial charge in [-0.1, -0.05) is 38.1 Å². The Labute approximate surface area is 164 Å². The average Bonchev–Trinajstić information content (AvgIpc) is 2.31. The number of unbranched alkanes of at least 4 members (excludes halogenated alkanes) is 5. The molecule has 0 aliphatic carbocycles. The van der Waals surface area contributed by atoms with E-state index in [1.165, 1.54) is 48.4 Å². The highest BCUT2D eigenvalue weighted by Crippen LogP contribution is 2.33. The summed E-state index contributed by atoms with van der Waals surface area (Å²) in [5, 5.41) is 0. The van der Waals surface area contributed by atoms with E-state index < -0.39 is 30.9 Å². The van der Waals surface area contributed by atoms with Gasteiger partial charge in [0.2, 0.25) is 0 Å². The van der Waals surface area contributed by atoms with Crippen LogP contribution in [-0.2, 0) is 13.3 Å². The second-order valence-electron chi connectivity index (χ2n) is 10.2. The lowest BCUT2D eigenvalue weighted by Gasteiger charge is -2.45. The van der Waals surface area contributed by atoms with E-state index in [0.717, 1.165) is 12.8 Å².